The minimum Gasteiger partial charge on any atom is -0.452 e. The number of furan rings is 1. The summed E-state index contributed by atoms with van der Waals surface area (Å²) in [5.74, 6) is -0.962. The van der Waals surface area contributed by atoms with Crippen LogP contribution < -0.4 is 5.32 Å². The van der Waals surface area contributed by atoms with Crippen LogP contribution in [-0.2, 0) is 16.0 Å². The van der Waals surface area contributed by atoms with Gasteiger partial charge in [-0.25, -0.2) is 4.79 Å². The van der Waals surface area contributed by atoms with Crippen molar-refractivity contribution in [3.05, 3.63) is 47.0 Å². The molecule has 0 radical (unpaired) electrons. The molecule has 3 aromatic rings. The molecule has 132 valence electrons. The maximum Gasteiger partial charge on any atom is 0.344 e. The molecular formula is C18H15N3O5. The first-order valence-electron chi connectivity index (χ1n) is 7.88. The van der Waals surface area contributed by atoms with Crippen LogP contribution in [0, 0.1) is 18.3 Å². The number of esters is 1. The van der Waals surface area contributed by atoms with Crippen molar-refractivity contribution in [1.29, 1.82) is 5.26 Å². The summed E-state index contributed by atoms with van der Waals surface area (Å²) in [4.78, 5) is 24.3. The molecule has 0 aliphatic rings. The summed E-state index contributed by atoms with van der Waals surface area (Å²) in [5.41, 5.74) is 1.43. The molecular weight excluding hydrogens is 338 g/mol. The second-order valence-corrected chi connectivity index (χ2v) is 5.45. The maximum atomic E-state index is 12.2. The number of anilines is 1. The van der Waals surface area contributed by atoms with Crippen molar-refractivity contribution in [2.45, 2.75) is 20.3 Å². The number of nitriles is 1. The average Bonchev–Trinajstić information content (AvgIpc) is 3.20. The number of nitrogens with one attached hydrogen (secondary N) is 1. The number of hydrogen-bond donors (Lipinski definition) is 1. The number of rotatable bonds is 5. The Bertz CT molecular complexity index is 1030. The standard InChI is InChI=1S/C18H15N3O5/c1-3-12-16(10(2)26-21-12)18(23)24-9-15(22)20-17-11-6-4-5-7-13(11)25-14(17)8-19/h4-7H,3,9H2,1-2H3,(H,20,22). The summed E-state index contributed by atoms with van der Waals surface area (Å²) in [6.45, 7) is 2.91. The van der Waals surface area contributed by atoms with Crippen LogP contribution >= 0.6 is 0 Å². The summed E-state index contributed by atoms with van der Waals surface area (Å²) in [7, 11) is 0. The Morgan fingerprint density at radius 2 is 2.12 bits per heavy atom. The molecule has 0 fully saturated rings. The van der Waals surface area contributed by atoms with E-state index in [1.807, 2.05) is 13.0 Å². The second-order valence-electron chi connectivity index (χ2n) is 5.45. The minimum atomic E-state index is -0.687. The molecule has 0 aliphatic heterocycles. The van der Waals surface area contributed by atoms with Crippen LogP contribution in [0.1, 0.15) is 34.5 Å². The fourth-order valence-corrected chi connectivity index (χ4v) is 2.55. The van der Waals surface area contributed by atoms with Crippen LogP contribution in [-0.4, -0.2) is 23.6 Å². The molecule has 2 aromatic heterocycles. The van der Waals surface area contributed by atoms with Crippen LogP contribution in [0.4, 0.5) is 5.69 Å². The van der Waals surface area contributed by atoms with E-state index < -0.39 is 18.5 Å². The van der Waals surface area contributed by atoms with Gasteiger partial charge in [-0.15, -0.1) is 0 Å². The lowest BCUT2D eigenvalue weighted by Crippen LogP contribution is -2.21. The maximum absolute atomic E-state index is 12.2. The quantitative estimate of drug-likeness (QED) is 0.700. The van der Waals surface area contributed by atoms with Gasteiger partial charge in [0.25, 0.3) is 5.91 Å². The molecule has 0 aliphatic carbocycles. The molecule has 1 amide bonds. The Hall–Kier alpha value is -3.60. The third-order valence-corrected chi connectivity index (χ3v) is 3.77. The number of benzene rings is 1. The zero-order chi connectivity index (χ0) is 18.7. The normalized spacial score (nSPS) is 10.5. The third kappa shape index (κ3) is 3.15. The SMILES string of the molecule is CCc1noc(C)c1C(=O)OCC(=O)Nc1c(C#N)oc2ccccc12. The lowest BCUT2D eigenvalue weighted by atomic mass is 10.1. The summed E-state index contributed by atoms with van der Waals surface area (Å²) < 4.78 is 15.4. The molecule has 3 rings (SSSR count). The predicted molar refractivity (Wildman–Crippen MR) is 90.5 cm³/mol. The molecule has 0 saturated heterocycles. The van der Waals surface area contributed by atoms with Crippen molar-refractivity contribution in [3.8, 4) is 6.07 Å². The number of aromatic nitrogens is 1. The Morgan fingerprint density at radius 1 is 1.35 bits per heavy atom. The molecule has 1 N–H and O–H groups in total. The van der Waals surface area contributed by atoms with Crippen LogP contribution in [0.5, 0.6) is 0 Å². The molecule has 8 nitrogen and oxygen atoms in total. The number of hydrogen-bond acceptors (Lipinski definition) is 7. The van der Waals surface area contributed by atoms with E-state index in [-0.39, 0.29) is 17.0 Å². The van der Waals surface area contributed by atoms with Crippen LogP contribution in [0.15, 0.2) is 33.2 Å². The highest BCUT2D eigenvalue weighted by Crippen LogP contribution is 2.30. The number of para-hydroxylation sites is 1. The van der Waals surface area contributed by atoms with E-state index in [4.69, 9.17) is 18.9 Å². The average molecular weight is 353 g/mol. The number of nitrogens with zero attached hydrogens (tertiary/aromatic N) is 2. The van der Waals surface area contributed by atoms with Crippen molar-refractivity contribution >= 4 is 28.5 Å². The number of amides is 1. The van der Waals surface area contributed by atoms with Gasteiger partial charge in [0.05, 0.1) is 5.69 Å². The predicted octanol–water partition coefficient (Wildman–Crippen LogP) is 2.96. The number of fused-ring (bicyclic) bond motifs is 1. The molecule has 0 unspecified atom stereocenters. The smallest absolute Gasteiger partial charge is 0.344 e. The van der Waals surface area contributed by atoms with Gasteiger partial charge in [-0.3, -0.25) is 4.79 Å². The van der Waals surface area contributed by atoms with E-state index in [1.54, 1.807) is 31.2 Å². The van der Waals surface area contributed by atoms with E-state index in [9.17, 15) is 9.59 Å². The first-order valence-corrected chi connectivity index (χ1v) is 7.88. The number of ether oxygens (including phenoxy) is 1. The Labute approximate surface area is 148 Å². The Balaban J connectivity index is 1.71. The lowest BCUT2D eigenvalue weighted by Gasteiger charge is -2.06. The highest BCUT2D eigenvalue weighted by molar-refractivity contribution is 6.04. The minimum absolute atomic E-state index is 0.0194. The number of carbonyl (C=O) groups excluding carboxylic acids is 2. The monoisotopic (exact) mass is 353 g/mol. The summed E-state index contributed by atoms with van der Waals surface area (Å²) in [5, 5.41) is 16.1. The van der Waals surface area contributed by atoms with Crippen LogP contribution in [0.25, 0.3) is 11.0 Å². The van der Waals surface area contributed by atoms with Gasteiger partial charge in [-0.2, -0.15) is 5.26 Å². The molecule has 2 heterocycles. The van der Waals surface area contributed by atoms with Gasteiger partial charge >= 0.3 is 5.97 Å². The van der Waals surface area contributed by atoms with Gasteiger partial charge in [0, 0.05) is 5.39 Å². The summed E-state index contributed by atoms with van der Waals surface area (Å²) in [6.07, 6.45) is 0.501. The highest BCUT2D eigenvalue weighted by Gasteiger charge is 2.22. The highest BCUT2D eigenvalue weighted by atomic mass is 16.5. The number of carbonyl (C=O) groups is 2. The zero-order valence-electron chi connectivity index (χ0n) is 14.2. The van der Waals surface area contributed by atoms with Crippen molar-refractivity contribution in [2.24, 2.45) is 0 Å². The summed E-state index contributed by atoms with van der Waals surface area (Å²) >= 11 is 0. The van der Waals surface area contributed by atoms with E-state index in [1.165, 1.54) is 0 Å². The largest absolute Gasteiger partial charge is 0.452 e. The van der Waals surface area contributed by atoms with Gasteiger partial charge in [0.2, 0.25) is 5.76 Å². The number of aryl methyl sites for hydroxylation is 2. The molecule has 0 atom stereocenters. The molecule has 8 heteroatoms. The van der Waals surface area contributed by atoms with E-state index in [2.05, 4.69) is 10.5 Å². The third-order valence-electron chi connectivity index (χ3n) is 3.77. The Kier molecular flexibility index (Phi) is 4.71. The molecule has 26 heavy (non-hydrogen) atoms. The van der Waals surface area contributed by atoms with Gasteiger partial charge in [0.1, 0.15) is 28.7 Å². The zero-order valence-corrected chi connectivity index (χ0v) is 14.2. The first-order chi connectivity index (χ1) is 12.5. The van der Waals surface area contributed by atoms with Gasteiger partial charge in [-0.1, -0.05) is 24.2 Å². The second kappa shape index (κ2) is 7.11. The Morgan fingerprint density at radius 3 is 2.85 bits per heavy atom. The van der Waals surface area contributed by atoms with Crippen molar-refractivity contribution in [1.82, 2.24) is 5.16 Å². The van der Waals surface area contributed by atoms with Gasteiger partial charge in [-0.05, 0) is 25.5 Å². The van der Waals surface area contributed by atoms with Crippen LogP contribution in [0.2, 0.25) is 0 Å². The first kappa shape index (κ1) is 17.2. The van der Waals surface area contributed by atoms with Crippen LogP contribution in [0.3, 0.4) is 0 Å². The molecule has 0 saturated carbocycles. The molecule has 1 aromatic carbocycles. The lowest BCUT2D eigenvalue weighted by molar-refractivity contribution is -0.119. The fraction of sp³-hybridized carbons (Fsp3) is 0.222. The van der Waals surface area contributed by atoms with Gasteiger partial charge < -0.3 is 19.0 Å². The van der Waals surface area contributed by atoms with E-state index in [0.29, 0.717) is 28.8 Å². The van der Waals surface area contributed by atoms with E-state index in [0.717, 1.165) is 0 Å². The topological polar surface area (TPSA) is 118 Å². The molecule has 0 spiro atoms. The summed E-state index contributed by atoms with van der Waals surface area (Å²) in [6, 6.07) is 8.81. The van der Waals surface area contributed by atoms with Crippen molar-refractivity contribution in [3.63, 3.8) is 0 Å². The fourth-order valence-electron chi connectivity index (χ4n) is 2.55. The van der Waals surface area contributed by atoms with Crippen molar-refractivity contribution in [2.75, 3.05) is 11.9 Å². The van der Waals surface area contributed by atoms with Gasteiger partial charge in [0.15, 0.2) is 6.61 Å². The van der Waals surface area contributed by atoms with Crippen molar-refractivity contribution < 1.29 is 23.3 Å². The molecule has 0 bridgehead atoms. The van der Waals surface area contributed by atoms with E-state index >= 15 is 0 Å².